The van der Waals surface area contributed by atoms with Crippen LogP contribution in [0.3, 0.4) is 0 Å². The van der Waals surface area contributed by atoms with E-state index >= 15 is 0 Å². The first-order chi connectivity index (χ1) is 5.44. The van der Waals surface area contributed by atoms with Crippen LogP contribution >= 0.6 is 11.6 Å². The van der Waals surface area contributed by atoms with E-state index in [4.69, 9.17) is 16.3 Å². The maximum Gasteiger partial charge on any atom is 0.0824 e. The lowest BCUT2D eigenvalue weighted by Crippen LogP contribution is -2.59. The van der Waals surface area contributed by atoms with E-state index in [0.717, 1.165) is 12.8 Å². The second-order valence-electron chi connectivity index (χ2n) is 4.96. The van der Waals surface area contributed by atoms with Gasteiger partial charge in [-0.05, 0) is 46.0 Å². The molecule has 1 nitrogen and oxygen atoms in total. The highest BCUT2D eigenvalue weighted by Crippen LogP contribution is 2.51. The Morgan fingerprint density at radius 3 is 2.33 bits per heavy atom. The van der Waals surface area contributed by atoms with Gasteiger partial charge in [0.15, 0.2) is 0 Å². The zero-order valence-electron chi connectivity index (χ0n) is 8.06. The molecule has 12 heavy (non-hydrogen) atoms. The van der Waals surface area contributed by atoms with Crippen molar-refractivity contribution < 1.29 is 4.74 Å². The molecular formula is C10H17ClO. The molecular weight excluding hydrogens is 172 g/mol. The molecule has 3 atom stereocenters. The van der Waals surface area contributed by atoms with Crippen molar-refractivity contribution in [3.8, 4) is 0 Å². The van der Waals surface area contributed by atoms with Gasteiger partial charge in [0, 0.05) is 0 Å². The van der Waals surface area contributed by atoms with Crippen LogP contribution in [0.1, 0.15) is 40.0 Å². The van der Waals surface area contributed by atoms with Crippen LogP contribution in [0, 0.1) is 5.92 Å². The predicted molar refractivity (Wildman–Crippen MR) is 50.6 cm³/mol. The van der Waals surface area contributed by atoms with E-state index in [0.29, 0.717) is 5.92 Å². The second kappa shape index (κ2) is 2.39. The molecule has 0 aromatic heterocycles. The van der Waals surface area contributed by atoms with Gasteiger partial charge < -0.3 is 4.74 Å². The van der Waals surface area contributed by atoms with Crippen molar-refractivity contribution in [2.75, 3.05) is 0 Å². The summed E-state index contributed by atoms with van der Waals surface area (Å²) in [5.41, 5.74) is -0.00179. The van der Waals surface area contributed by atoms with Crippen LogP contribution in [0.15, 0.2) is 0 Å². The van der Waals surface area contributed by atoms with Gasteiger partial charge in [0.1, 0.15) is 0 Å². The average molecular weight is 189 g/mol. The number of ether oxygens (including phenoxy) is 1. The van der Waals surface area contributed by atoms with Crippen LogP contribution in [0.25, 0.3) is 0 Å². The Bertz CT molecular complexity index is 202. The maximum absolute atomic E-state index is 6.26. The molecule has 2 saturated heterocycles. The third-order valence-corrected chi connectivity index (χ3v) is 4.26. The fourth-order valence-electron chi connectivity index (χ4n) is 2.67. The fraction of sp³-hybridized carbons (Fsp3) is 1.00. The molecule has 3 fully saturated rings. The highest BCUT2D eigenvalue weighted by molar-refractivity contribution is 6.21. The first-order valence-corrected chi connectivity index (χ1v) is 5.22. The Hall–Kier alpha value is 0.250. The number of rotatable bonds is 0. The van der Waals surface area contributed by atoms with Gasteiger partial charge in [0.05, 0.1) is 16.6 Å². The lowest BCUT2D eigenvalue weighted by atomic mass is 9.68. The van der Waals surface area contributed by atoms with Crippen molar-refractivity contribution in [3.05, 3.63) is 0 Å². The van der Waals surface area contributed by atoms with Gasteiger partial charge in [-0.25, -0.2) is 0 Å². The topological polar surface area (TPSA) is 9.23 Å². The summed E-state index contributed by atoms with van der Waals surface area (Å²) in [5.74, 6) is 0.668. The summed E-state index contributed by atoms with van der Waals surface area (Å²) in [6, 6.07) is 0. The van der Waals surface area contributed by atoms with E-state index in [2.05, 4.69) is 20.8 Å². The van der Waals surface area contributed by atoms with Gasteiger partial charge in [0.25, 0.3) is 0 Å². The standard InChI is InChI=1S/C10H17ClO/c1-9(2)7-4-5-10(3,12-9)8(11)6-7/h7-8H,4-6H2,1-3H3/t7-,8-,10+/m1/s1. The van der Waals surface area contributed by atoms with Crippen molar-refractivity contribution in [2.24, 2.45) is 5.92 Å². The minimum Gasteiger partial charge on any atom is -0.368 e. The second-order valence-corrected chi connectivity index (χ2v) is 5.48. The summed E-state index contributed by atoms with van der Waals surface area (Å²) in [6.07, 6.45) is 3.55. The average Bonchev–Trinajstić information content (AvgIpc) is 1.91. The van der Waals surface area contributed by atoms with Crippen LogP contribution in [0.4, 0.5) is 0 Å². The molecule has 1 saturated carbocycles. The first-order valence-electron chi connectivity index (χ1n) is 4.78. The van der Waals surface area contributed by atoms with Gasteiger partial charge >= 0.3 is 0 Å². The lowest BCUT2D eigenvalue weighted by Gasteiger charge is -2.56. The SMILES string of the molecule is CC1(C)O[C@@]2(C)CC[C@@H]1C[C@H]2Cl. The van der Waals surface area contributed by atoms with Gasteiger partial charge in [-0.3, -0.25) is 0 Å². The normalized spacial score (nSPS) is 51.0. The molecule has 0 aromatic rings. The lowest BCUT2D eigenvalue weighted by molar-refractivity contribution is -0.226. The number of hydrogen-bond acceptors (Lipinski definition) is 1. The quantitative estimate of drug-likeness (QED) is 0.532. The number of alkyl halides is 1. The largest absolute Gasteiger partial charge is 0.368 e. The molecule has 0 spiro atoms. The van der Waals surface area contributed by atoms with Gasteiger partial charge in [0.2, 0.25) is 0 Å². The van der Waals surface area contributed by atoms with Crippen molar-refractivity contribution in [1.29, 1.82) is 0 Å². The molecule has 0 amide bonds. The first kappa shape index (κ1) is 8.83. The van der Waals surface area contributed by atoms with E-state index < -0.39 is 0 Å². The minimum absolute atomic E-state index is 0.0540. The Morgan fingerprint density at radius 1 is 1.33 bits per heavy atom. The summed E-state index contributed by atoms with van der Waals surface area (Å²) < 4.78 is 6.04. The van der Waals surface area contributed by atoms with Gasteiger partial charge in [-0.1, -0.05) is 0 Å². The van der Waals surface area contributed by atoms with E-state index in [1.165, 1.54) is 6.42 Å². The van der Waals surface area contributed by atoms with Crippen LogP contribution in [0.2, 0.25) is 0 Å². The molecule has 2 heteroatoms. The molecule has 1 aliphatic carbocycles. The highest BCUT2D eigenvalue weighted by Gasteiger charge is 2.53. The number of hydrogen-bond donors (Lipinski definition) is 0. The number of fused-ring (bicyclic) bond motifs is 3. The Labute approximate surface area is 79.4 Å². The van der Waals surface area contributed by atoms with Crippen molar-refractivity contribution in [1.82, 2.24) is 0 Å². The summed E-state index contributed by atoms with van der Waals surface area (Å²) >= 11 is 6.26. The molecule has 0 N–H and O–H groups in total. The molecule has 3 rings (SSSR count). The zero-order valence-corrected chi connectivity index (χ0v) is 8.82. The molecule has 2 heterocycles. The smallest absolute Gasteiger partial charge is 0.0824 e. The van der Waals surface area contributed by atoms with Crippen molar-refractivity contribution in [3.63, 3.8) is 0 Å². The molecule has 0 unspecified atom stereocenters. The molecule has 0 radical (unpaired) electrons. The fourth-order valence-corrected chi connectivity index (χ4v) is 3.03. The van der Waals surface area contributed by atoms with E-state index in [1.807, 2.05) is 0 Å². The minimum atomic E-state index is -0.0557. The van der Waals surface area contributed by atoms with E-state index in [9.17, 15) is 0 Å². The van der Waals surface area contributed by atoms with E-state index in [1.54, 1.807) is 0 Å². The third-order valence-electron chi connectivity index (χ3n) is 3.62. The molecule has 2 bridgehead atoms. The van der Waals surface area contributed by atoms with E-state index in [-0.39, 0.29) is 16.6 Å². The van der Waals surface area contributed by atoms with Crippen LogP contribution < -0.4 is 0 Å². The molecule has 2 aliphatic heterocycles. The Kier molecular flexibility index (Phi) is 1.76. The summed E-state index contributed by atoms with van der Waals surface area (Å²) in [7, 11) is 0. The highest BCUT2D eigenvalue weighted by atomic mass is 35.5. The van der Waals surface area contributed by atoms with Crippen LogP contribution in [0.5, 0.6) is 0 Å². The van der Waals surface area contributed by atoms with Crippen molar-refractivity contribution in [2.45, 2.75) is 56.6 Å². The monoisotopic (exact) mass is 188 g/mol. The van der Waals surface area contributed by atoms with Crippen molar-refractivity contribution >= 4 is 11.6 Å². The summed E-state index contributed by atoms with van der Waals surface area (Å²) in [5, 5.41) is 0.226. The zero-order chi connectivity index (χ0) is 8.98. The third kappa shape index (κ3) is 1.10. The summed E-state index contributed by atoms with van der Waals surface area (Å²) in [6.45, 7) is 6.54. The maximum atomic E-state index is 6.26. The molecule has 0 aromatic carbocycles. The predicted octanol–water partition coefficient (Wildman–Crippen LogP) is 2.96. The van der Waals surface area contributed by atoms with Crippen LogP contribution in [-0.4, -0.2) is 16.6 Å². The van der Waals surface area contributed by atoms with Gasteiger partial charge in [-0.15, -0.1) is 11.6 Å². The Balaban J connectivity index is 2.26. The van der Waals surface area contributed by atoms with Gasteiger partial charge in [-0.2, -0.15) is 0 Å². The molecule has 70 valence electrons. The number of halogens is 1. The Morgan fingerprint density at radius 2 is 2.00 bits per heavy atom. The van der Waals surface area contributed by atoms with Crippen LogP contribution in [-0.2, 0) is 4.74 Å². The summed E-state index contributed by atoms with van der Waals surface area (Å²) in [4.78, 5) is 0. The molecule has 3 aliphatic rings.